The summed E-state index contributed by atoms with van der Waals surface area (Å²) in [5, 5.41) is 18.5. The van der Waals surface area contributed by atoms with E-state index >= 15 is 0 Å². The van der Waals surface area contributed by atoms with Gasteiger partial charge >= 0.3 is 7.12 Å². The number of ether oxygens (including phenoxy) is 1. The van der Waals surface area contributed by atoms with Crippen LogP contribution in [0.15, 0.2) is 24.3 Å². The van der Waals surface area contributed by atoms with Gasteiger partial charge in [0.1, 0.15) is 0 Å². The molecule has 80 valence electrons. The summed E-state index contributed by atoms with van der Waals surface area (Å²) in [4.78, 5) is 2.11. The van der Waals surface area contributed by atoms with E-state index in [2.05, 4.69) is 4.90 Å². The van der Waals surface area contributed by atoms with Crippen LogP contribution >= 0.6 is 0 Å². The molecule has 1 aliphatic heterocycles. The van der Waals surface area contributed by atoms with E-state index < -0.39 is 7.12 Å². The molecule has 2 N–H and O–H groups in total. The summed E-state index contributed by atoms with van der Waals surface area (Å²) in [5.74, 6) is 0. The number of nitrogens with zero attached hydrogens (tertiary/aromatic N) is 1. The lowest BCUT2D eigenvalue weighted by Crippen LogP contribution is -2.42. The predicted molar refractivity (Wildman–Crippen MR) is 59.3 cm³/mol. The van der Waals surface area contributed by atoms with Crippen LogP contribution in [0, 0.1) is 0 Å². The standard InChI is InChI=1S/C10H14BNO3/c13-11(14)9-3-1-2-4-10(9)12-5-7-15-8-6-12/h1-4,13-14H,5-8H2. The van der Waals surface area contributed by atoms with E-state index in [1.54, 1.807) is 12.1 Å². The maximum absolute atomic E-state index is 9.23. The highest BCUT2D eigenvalue weighted by Crippen LogP contribution is 2.13. The smallest absolute Gasteiger partial charge is 0.423 e. The Labute approximate surface area is 89.2 Å². The van der Waals surface area contributed by atoms with Crippen molar-refractivity contribution in [1.29, 1.82) is 0 Å². The van der Waals surface area contributed by atoms with Crippen molar-refractivity contribution in [3.05, 3.63) is 24.3 Å². The van der Waals surface area contributed by atoms with Crippen LogP contribution in [-0.2, 0) is 4.74 Å². The van der Waals surface area contributed by atoms with Gasteiger partial charge in [-0.2, -0.15) is 0 Å². The summed E-state index contributed by atoms with van der Waals surface area (Å²) in [6.07, 6.45) is 0. The molecule has 4 nitrogen and oxygen atoms in total. The number of para-hydroxylation sites is 1. The lowest BCUT2D eigenvalue weighted by Gasteiger charge is -2.30. The Morgan fingerprint density at radius 2 is 1.80 bits per heavy atom. The van der Waals surface area contributed by atoms with Crippen molar-refractivity contribution in [1.82, 2.24) is 0 Å². The molecule has 1 fully saturated rings. The lowest BCUT2D eigenvalue weighted by molar-refractivity contribution is 0.123. The largest absolute Gasteiger partial charge is 0.490 e. The molecule has 0 spiro atoms. The van der Waals surface area contributed by atoms with Crippen LogP contribution in [0.1, 0.15) is 0 Å². The van der Waals surface area contributed by atoms with E-state index in [0.717, 1.165) is 18.8 Å². The van der Waals surface area contributed by atoms with Crippen LogP contribution < -0.4 is 10.4 Å². The molecule has 1 aliphatic rings. The fraction of sp³-hybridized carbons (Fsp3) is 0.400. The minimum absolute atomic E-state index is 0.555. The topological polar surface area (TPSA) is 52.9 Å². The summed E-state index contributed by atoms with van der Waals surface area (Å²) >= 11 is 0. The molecule has 5 heteroatoms. The van der Waals surface area contributed by atoms with Crippen LogP contribution in [0.3, 0.4) is 0 Å². The van der Waals surface area contributed by atoms with Crippen LogP contribution in [0.25, 0.3) is 0 Å². The molecule has 1 aromatic rings. The second-order valence-electron chi connectivity index (χ2n) is 3.53. The Morgan fingerprint density at radius 3 is 2.47 bits per heavy atom. The lowest BCUT2D eigenvalue weighted by atomic mass is 9.78. The fourth-order valence-corrected chi connectivity index (χ4v) is 1.80. The second-order valence-corrected chi connectivity index (χ2v) is 3.53. The van der Waals surface area contributed by atoms with Gasteiger partial charge in [-0.25, -0.2) is 0 Å². The first kappa shape index (κ1) is 10.5. The highest BCUT2D eigenvalue weighted by Gasteiger charge is 2.20. The highest BCUT2D eigenvalue weighted by molar-refractivity contribution is 6.60. The molecule has 0 aliphatic carbocycles. The zero-order valence-corrected chi connectivity index (χ0v) is 8.47. The molecule has 2 rings (SSSR count). The molecule has 0 amide bonds. The quantitative estimate of drug-likeness (QED) is 0.623. The van der Waals surface area contributed by atoms with Gasteiger partial charge in [0, 0.05) is 24.2 Å². The number of anilines is 1. The minimum atomic E-state index is -1.41. The van der Waals surface area contributed by atoms with Gasteiger partial charge in [-0.1, -0.05) is 18.2 Å². The minimum Gasteiger partial charge on any atom is -0.423 e. The summed E-state index contributed by atoms with van der Waals surface area (Å²) in [6.45, 7) is 2.97. The third-order valence-corrected chi connectivity index (χ3v) is 2.57. The molecule has 0 radical (unpaired) electrons. The van der Waals surface area contributed by atoms with Crippen molar-refractivity contribution in [2.45, 2.75) is 0 Å². The van der Waals surface area contributed by atoms with E-state index in [1.807, 2.05) is 12.1 Å². The van der Waals surface area contributed by atoms with E-state index in [0.29, 0.717) is 18.7 Å². The molecule has 0 bridgehead atoms. The third-order valence-electron chi connectivity index (χ3n) is 2.57. The van der Waals surface area contributed by atoms with Gasteiger partial charge in [0.25, 0.3) is 0 Å². The maximum Gasteiger partial charge on any atom is 0.490 e. The van der Waals surface area contributed by atoms with E-state index in [1.165, 1.54) is 0 Å². The van der Waals surface area contributed by atoms with Gasteiger partial charge in [0.05, 0.1) is 13.2 Å². The van der Waals surface area contributed by atoms with Gasteiger partial charge in [-0.05, 0) is 6.07 Å². The average Bonchev–Trinajstić information content (AvgIpc) is 2.30. The number of rotatable bonds is 2. The van der Waals surface area contributed by atoms with Gasteiger partial charge in [0.2, 0.25) is 0 Å². The van der Waals surface area contributed by atoms with E-state index in [-0.39, 0.29) is 0 Å². The zero-order valence-electron chi connectivity index (χ0n) is 8.47. The Kier molecular flexibility index (Phi) is 3.25. The molecule has 15 heavy (non-hydrogen) atoms. The first-order valence-electron chi connectivity index (χ1n) is 5.07. The highest BCUT2D eigenvalue weighted by atomic mass is 16.5. The molecule has 1 saturated heterocycles. The molecular weight excluding hydrogens is 193 g/mol. The van der Waals surface area contributed by atoms with Crippen molar-refractivity contribution in [2.24, 2.45) is 0 Å². The third kappa shape index (κ3) is 2.31. The number of hydrogen-bond acceptors (Lipinski definition) is 4. The van der Waals surface area contributed by atoms with Crippen molar-refractivity contribution < 1.29 is 14.8 Å². The van der Waals surface area contributed by atoms with E-state index in [4.69, 9.17) is 4.74 Å². The van der Waals surface area contributed by atoms with Crippen LogP contribution in [-0.4, -0.2) is 43.5 Å². The number of morpholine rings is 1. The molecule has 0 saturated carbocycles. The van der Waals surface area contributed by atoms with Crippen molar-refractivity contribution >= 4 is 18.3 Å². The van der Waals surface area contributed by atoms with Crippen molar-refractivity contribution in [3.63, 3.8) is 0 Å². The van der Waals surface area contributed by atoms with Crippen LogP contribution in [0.4, 0.5) is 5.69 Å². The maximum atomic E-state index is 9.23. The first-order valence-corrected chi connectivity index (χ1v) is 5.07. The summed E-state index contributed by atoms with van der Waals surface area (Å²) in [5.41, 5.74) is 1.44. The van der Waals surface area contributed by atoms with Crippen LogP contribution in [0.5, 0.6) is 0 Å². The molecule has 0 unspecified atom stereocenters. The molecule has 0 aromatic heterocycles. The Morgan fingerprint density at radius 1 is 1.13 bits per heavy atom. The summed E-state index contributed by atoms with van der Waals surface area (Å²) < 4.78 is 5.25. The Hall–Kier alpha value is -1.04. The second kappa shape index (κ2) is 4.66. The van der Waals surface area contributed by atoms with Crippen molar-refractivity contribution in [2.75, 3.05) is 31.2 Å². The number of hydrogen-bond donors (Lipinski definition) is 2. The predicted octanol–water partition coefficient (Wildman–Crippen LogP) is -0.797. The molecule has 1 aromatic carbocycles. The Bertz CT molecular complexity index is 326. The average molecular weight is 207 g/mol. The molecule has 0 atom stereocenters. The molecule has 1 heterocycles. The fourth-order valence-electron chi connectivity index (χ4n) is 1.80. The zero-order chi connectivity index (χ0) is 10.7. The summed E-state index contributed by atoms with van der Waals surface area (Å²) in [6, 6.07) is 7.34. The van der Waals surface area contributed by atoms with Crippen molar-refractivity contribution in [3.8, 4) is 0 Å². The van der Waals surface area contributed by atoms with Gasteiger partial charge < -0.3 is 19.7 Å². The van der Waals surface area contributed by atoms with Gasteiger partial charge in [0.15, 0.2) is 0 Å². The summed E-state index contributed by atoms with van der Waals surface area (Å²) in [7, 11) is -1.41. The van der Waals surface area contributed by atoms with Gasteiger partial charge in [-0.15, -0.1) is 0 Å². The normalized spacial score (nSPS) is 16.5. The Balaban J connectivity index is 2.25. The van der Waals surface area contributed by atoms with Crippen LogP contribution in [0.2, 0.25) is 0 Å². The van der Waals surface area contributed by atoms with E-state index in [9.17, 15) is 10.0 Å². The monoisotopic (exact) mass is 207 g/mol. The molecular formula is C10H14BNO3. The van der Waals surface area contributed by atoms with Gasteiger partial charge in [-0.3, -0.25) is 0 Å². The SMILES string of the molecule is OB(O)c1ccccc1N1CCOCC1. The first-order chi connectivity index (χ1) is 7.29. The number of benzene rings is 1.